The first-order valence-electron chi connectivity index (χ1n) is 12.2. The van der Waals surface area contributed by atoms with Gasteiger partial charge >= 0.3 is 11.9 Å². The normalized spacial score (nSPS) is 18.5. The van der Waals surface area contributed by atoms with Gasteiger partial charge in [-0.3, -0.25) is 4.79 Å². The summed E-state index contributed by atoms with van der Waals surface area (Å²) >= 11 is 0. The van der Waals surface area contributed by atoms with E-state index in [4.69, 9.17) is 9.47 Å². The summed E-state index contributed by atoms with van der Waals surface area (Å²) in [5.41, 5.74) is 0.790. The van der Waals surface area contributed by atoms with Crippen molar-refractivity contribution in [2.45, 2.75) is 64.7 Å². The van der Waals surface area contributed by atoms with E-state index in [1.165, 1.54) is 19.3 Å². The minimum absolute atomic E-state index is 0.0629. The maximum atomic E-state index is 13.0. The van der Waals surface area contributed by atoms with Crippen LogP contribution < -0.4 is 10.4 Å². The highest BCUT2D eigenvalue weighted by Crippen LogP contribution is 2.30. The van der Waals surface area contributed by atoms with Crippen molar-refractivity contribution in [3.8, 4) is 0 Å². The first-order valence-corrected chi connectivity index (χ1v) is 12.2. The third kappa shape index (κ3) is 6.94. The number of allylic oxidation sites excluding steroid dienone is 4. The van der Waals surface area contributed by atoms with Crippen LogP contribution in [0.2, 0.25) is 0 Å². The largest absolute Gasteiger partial charge is 0.466 e. The second kappa shape index (κ2) is 13.0. The number of hydrogen-bond donors (Lipinski definition) is 0. The van der Waals surface area contributed by atoms with E-state index in [9.17, 15) is 9.59 Å². The zero-order valence-corrected chi connectivity index (χ0v) is 19.3. The van der Waals surface area contributed by atoms with Gasteiger partial charge in [0, 0.05) is 18.3 Å². The SMILES string of the molecule is CCC(=O)OCCCCCCCCCCOC(=O)C1=c2ccccc2=CC2C=CC=C[C@H]12. The summed E-state index contributed by atoms with van der Waals surface area (Å²) in [6, 6.07) is 8.10. The molecular weight excluding hydrogens is 400 g/mol. The maximum absolute atomic E-state index is 13.0. The molecule has 0 heterocycles. The Morgan fingerprint density at radius 3 is 2.16 bits per heavy atom. The molecule has 3 rings (SSSR count). The molecule has 0 saturated heterocycles. The lowest BCUT2D eigenvalue weighted by molar-refractivity contribution is -0.143. The third-order valence-electron chi connectivity index (χ3n) is 6.18. The van der Waals surface area contributed by atoms with E-state index in [0.717, 1.165) is 48.1 Å². The Morgan fingerprint density at radius 1 is 0.812 bits per heavy atom. The fourth-order valence-corrected chi connectivity index (χ4v) is 4.39. The highest BCUT2D eigenvalue weighted by Gasteiger charge is 2.29. The zero-order chi connectivity index (χ0) is 22.6. The molecule has 1 aromatic rings. The fraction of sp³-hybridized carbons (Fsp3) is 0.500. The number of unbranched alkanes of at least 4 members (excludes halogenated alkanes) is 7. The van der Waals surface area contributed by atoms with E-state index in [2.05, 4.69) is 30.4 Å². The van der Waals surface area contributed by atoms with Gasteiger partial charge in [0.1, 0.15) is 0 Å². The highest BCUT2D eigenvalue weighted by atomic mass is 16.5. The summed E-state index contributed by atoms with van der Waals surface area (Å²) in [4.78, 5) is 24.0. The van der Waals surface area contributed by atoms with E-state index in [1.807, 2.05) is 31.2 Å². The summed E-state index contributed by atoms with van der Waals surface area (Å²) in [6.45, 7) is 2.85. The van der Waals surface area contributed by atoms with Crippen LogP contribution in [0.25, 0.3) is 11.6 Å². The van der Waals surface area contributed by atoms with Crippen molar-refractivity contribution in [2.24, 2.45) is 11.8 Å². The highest BCUT2D eigenvalue weighted by molar-refractivity contribution is 6.11. The number of esters is 2. The molecule has 2 aliphatic carbocycles. The van der Waals surface area contributed by atoms with Crippen molar-refractivity contribution in [1.29, 1.82) is 0 Å². The molecule has 172 valence electrons. The van der Waals surface area contributed by atoms with Gasteiger partial charge < -0.3 is 9.47 Å². The van der Waals surface area contributed by atoms with E-state index in [1.54, 1.807) is 0 Å². The number of fused-ring (bicyclic) bond motifs is 2. The molecule has 4 nitrogen and oxygen atoms in total. The van der Waals surface area contributed by atoms with Crippen LogP contribution in [0.4, 0.5) is 0 Å². The van der Waals surface area contributed by atoms with E-state index in [-0.39, 0.29) is 23.8 Å². The van der Waals surface area contributed by atoms with Crippen molar-refractivity contribution in [2.75, 3.05) is 13.2 Å². The first-order chi connectivity index (χ1) is 15.7. The van der Waals surface area contributed by atoms with Crippen LogP contribution in [0.1, 0.15) is 64.7 Å². The first kappa shape index (κ1) is 24.0. The second-order valence-electron chi connectivity index (χ2n) is 8.58. The van der Waals surface area contributed by atoms with Gasteiger partial charge in [-0.05, 0) is 23.3 Å². The Morgan fingerprint density at radius 2 is 1.44 bits per heavy atom. The third-order valence-corrected chi connectivity index (χ3v) is 6.18. The maximum Gasteiger partial charge on any atom is 0.335 e. The summed E-state index contributed by atoms with van der Waals surface area (Å²) in [6.07, 6.45) is 19.8. The van der Waals surface area contributed by atoms with E-state index in [0.29, 0.717) is 19.6 Å². The molecule has 0 amide bonds. The summed E-state index contributed by atoms with van der Waals surface area (Å²) in [7, 11) is 0. The lowest BCUT2D eigenvalue weighted by atomic mass is 9.78. The Hall–Kier alpha value is -2.62. The molecule has 0 aliphatic heterocycles. The molecule has 2 aliphatic rings. The molecule has 0 saturated carbocycles. The van der Waals surface area contributed by atoms with E-state index < -0.39 is 0 Å². The molecular formula is C28H36O4. The smallest absolute Gasteiger partial charge is 0.335 e. The van der Waals surface area contributed by atoms with Crippen LogP contribution >= 0.6 is 0 Å². The van der Waals surface area contributed by atoms with E-state index >= 15 is 0 Å². The number of benzene rings is 1. The number of ether oxygens (including phenoxy) is 2. The lowest BCUT2D eigenvalue weighted by Crippen LogP contribution is -2.39. The number of rotatable bonds is 13. The second-order valence-corrected chi connectivity index (χ2v) is 8.58. The van der Waals surface area contributed by atoms with Crippen LogP contribution in [0.5, 0.6) is 0 Å². The quantitative estimate of drug-likeness (QED) is 0.335. The van der Waals surface area contributed by atoms with Crippen molar-refractivity contribution >= 4 is 23.6 Å². The molecule has 0 aromatic heterocycles. The minimum atomic E-state index is -0.177. The van der Waals surface area contributed by atoms with Crippen LogP contribution in [-0.4, -0.2) is 25.2 Å². The predicted molar refractivity (Wildman–Crippen MR) is 128 cm³/mol. The molecule has 0 N–H and O–H groups in total. The zero-order valence-electron chi connectivity index (χ0n) is 19.3. The number of carbonyl (C=O) groups is 2. The van der Waals surface area contributed by atoms with Gasteiger partial charge in [-0.2, -0.15) is 0 Å². The molecule has 32 heavy (non-hydrogen) atoms. The average Bonchev–Trinajstić information content (AvgIpc) is 2.82. The molecule has 0 fully saturated rings. The predicted octanol–water partition coefficient (Wildman–Crippen LogP) is 4.61. The molecule has 4 heteroatoms. The average molecular weight is 437 g/mol. The van der Waals surface area contributed by atoms with Crippen molar-refractivity contribution in [1.82, 2.24) is 0 Å². The Balaban J connectivity index is 1.33. The van der Waals surface area contributed by atoms with Gasteiger partial charge in [0.25, 0.3) is 0 Å². The Kier molecular flexibility index (Phi) is 9.80. The van der Waals surface area contributed by atoms with Crippen molar-refractivity contribution in [3.05, 3.63) is 59.0 Å². The Bertz CT molecular complexity index is 940. The molecule has 1 aromatic carbocycles. The number of carbonyl (C=O) groups excluding carboxylic acids is 2. The standard InChI is InChI=1S/C28H36O4/c1-2-26(29)31-19-13-7-5-3-4-6-8-14-20-32-28(30)27-24-17-11-9-15-22(24)21-23-16-10-12-18-25(23)27/h9-12,15-18,21-22,24H,2-8,13-14,19-20H2,1H3/t22?,24-/m0/s1. The van der Waals surface area contributed by atoms with Crippen molar-refractivity contribution < 1.29 is 19.1 Å². The van der Waals surface area contributed by atoms with Crippen molar-refractivity contribution in [3.63, 3.8) is 0 Å². The fourth-order valence-electron chi connectivity index (χ4n) is 4.39. The molecule has 0 spiro atoms. The molecule has 1 unspecified atom stereocenters. The number of hydrogen-bond acceptors (Lipinski definition) is 4. The monoisotopic (exact) mass is 436 g/mol. The summed E-state index contributed by atoms with van der Waals surface area (Å²) < 4.78 is 10.8. The lowest BCUT2D eigenvalue weighted by Gasteiger charge is -2.26. The summed E-state index contributed by atoms with van der Waals surface area (Å²) in [5, 5.41) is 2.12. The van der Waals surface area contributed by atoms with Crippen LogP contribution in [-0.2, 0) is 19.1 Å². The van der Waals surface area contributed by atoms with Gasteiger partial charge in [-0.25, -0.2) is 4.79 Å². The topological polar surface area (TPSA) is 52.6 Å². The van der Waals surface area contributed by atoms with Gasteiger partial charge in [0.2, 0.25) is 0 Å². The Labute approximate surface area is 191 Å². The van der Waals surface area contributed by atoms with Crippen LogP contribution in [0.15, 0.2) is 48.6 Å². The minimum Gasteiger partial charge on any atom is -0.466 e. The molecule has 2 atom stereocenters. The van der Waals surface area contributed by atoms with Crippen LogP contribution in [0.3, 0.4) is 0 Å². The van der Waals surface area contributed by atoms with Gasteiger partial charge in [-0.1, -0.05) is 100 Å². The molecule has 0 bridgehead atoms. The van der Waals surface area contributed by atoms with Gasteiger partial charge in [-0.15, -0.1) is 0 Å². The van der Waals surface area contributed by atoms with Gasteiger partial charge in [0.15, 0.2) is 0 Å². The molecule has 0 radical (unpaired) electrons. The van der Waals surface area contributed by atoms with Crippen LogP contribution in [0, 0.1) is 11.8 Å². The van der Waals surface area contributed by atoms with Gasteiger partial charge in [0.05, 0.1) is 18.8 Å². The summed E-state index contributed by atoms with van der Waals surface area (Å²) in [5.74, 6) is -0.00435.